The smallest absolute Gasteiger partial charge is 0.274 e. The van der Waals surface area contributed by atoms with Crippen LogP contribution < -0.4 is 0 Å². The van der Waals surface area contributed by atoms with E-state index in [1.54, 1.807) is 19.0 Å². The van der Waals surface area contributed by atoms with E-state index >= 15 is 0 Å². The van der Waals surface area contributed by atoms with Crippen LogP contribution in [0.15, 0.2) is 48.5 Å². The van der Waals surface area contributed by atoms with Crippen molar-refractivity contribution in [1.82, 2.24) is 19.6 Å². The zero-order valence-corrected chi connectivity index (χ0v) is 18.1. The van der Waals surface area contributed by atoms with Crippen LogP contribution in [0.4, 0.5) is 4.39 Å². The number of aromatic nitrogens is 2. The number of amides is 2. The predicted molar refractivity (Wildman–Crippen MR) is 116 cm³/mol. The topological polar surface area (TPSA) is 58.4 Å². The summed E-state index contributed by atoms with van der Waals surface area (Å²) in [4.78, 5) is 28.9. The average Bonchev–Trinajstić information content (AvgIpc) is 3.12. The van der Waals surface area contributed by atoms with Crippen molar-refractivity contribution in [2.45, 2.75) is 19.5 Å². The number of carbonyl (C=O) groups is 2. The van der Waals surface area contributed by atoms with Gasteiger partial charge in [-0.3, -0.25) is 14.3 Å². The van der Waals surface area contributed by atoms with E-state index in [4.69, 9.17) is 11.6 Å². The Morgan fingerprint density at radius 1 is 1.16 bits per heavy atom. The van der Waals surface area contributed by atoms with Gasteiger partial charge in [0.05, 0.1) is 18.1 Å². The molecule has 0 saturated heterocycles. The molecule has 2 heterocycles. The standard InChI is InChI=1S/C23H22ClFN4O2/c1-27(2)23(31)21-17-14-28(22(30)16-8-9-19(25)18(24)12-16)11-10-20(17)29(26-21)13-15-6-4-3-5-7-15/h3-9,12H,10-11,13-14H2,1-2H3. The monoisotopic (exact) mass is 440 g/mol. The van der Waals surface area contributed by atoms with Gasteiger partial charge in [0.15, 0.2) is 5.69 Å². The molecule has 0 bridgehead atoms. The molecule has 4 rings (SSSR count). The van der Waals surface area contributed by atoms with Crippen molar-refractivity contribution in [3.05, 3.63) is 87.4 Å². The quantitative estimate of drug-likeness (QED) is 0.622. The lowest BCUT2D eigenvalue weighted by Crippen LogP contribution is -2.37. The van der Waals surface area contributed by atoms with Gasteiger partial charge in [-0.2, -0.15) is 5.10 Å². The maximum atomic E-state index is 13.5. The lowest BCUT2D eigenvalue weighted by molar-refractivity contribution is 0.0726. The SMILES string of the molecule is CN(C)C(=O)c1nn(Cc2ccccc2)c2c1CN(C(=O)c1ccc(F)c(Cl)c1)CC2. The molecule has 0 atom stereocenters. The minimum absolute atomic E-state index is 0.0947. The van der Waals surface area contributed by atoms with Gasteiger partial charge in [-0.05, 0) is 23.8 Å². The molecule has 1 aliphatic heterocycles. The molecule has 8 heteroatoms. The number of hydrogen-bond donors (Lipinski definition) is 0. The zero-order valence-electron chi connectivity index (χ0n) is 17.3. The van der Waals surface area contributed by atoms with Crippen LogP contribution in [0.2, 0.25) is 5.02 Å². The van der Waals surface area contributed by atoms with Gasteiger partial charge in [0.25, 0.3) is 11.8 Å². The van der Waals surface area contributed by atoms with E-state index in [-0.39, 0.29) is 23.4 Å². The number of benzene rings is 2. The Morgan fingerprint density at radius 2 is 1.90 bits per heavy atom. The van der Waals surface area contributed by atoms with Gasteiger partial charge in [-0.1, -0.05) is 41.9 Å². The number of fused-ring (bicyclic) bond motifs is 1. The lowest BCUT2D eigenvalue weighted by Gasteiger charge is -2.28. The summed E-state index contributed by atoms with van der Waals surface area (Å²) in [5, 5.41) is 4.52. The summed E-state index contributed by atoms with van der Waals surface area (Å²) in [5.74, 6) is -1.03. The third kappa shape index (κ3) is 4.18. The van der Waals surface area contributed by atoms with Crippen LogP contribution in [0.25, 0.3) is 0 Å². The zero-order chi connectivity index (χ0) is 22.1. The molecule has 3 aromatic rings. The summed E-state index contributed by atoms with van der Waals surface area (Å²) in [7, 11) is 3.36. The molecule has 0 N–H and O–H groups in total. The Morgan fingerprint density at radius 3 is 2.58 bits per heavy atom. The second-order valence-corrected chi connectivity index (χ2v) is 8.13. The predicted octanol–water partition coefficient (Wildman–Crippen LogP) is 3.62. The molecule has 160 valence electrons. The summed E-state index contributed by atoms with van der Waals surface area (Å²) in [6.45, 7) is 1.27. The lowest BCUT2D eigenvalue weighted by atomic mass is 10.0. The van der Waals surface area contributed by atoms with Crippen molar-refractivity contribution in [3.63, 3.8) is 0 Å². The molecule has 2 amide bonds. The van der Waals surface area contributed by atoms with Crippen molar-refractivity contribution in [2.75, 3.05) is 20.6 Å². The molecule has 6 nitrogen and oxygen atoms in total. The molecule has 2 aromatic carbocycles. The van der Waals surface area contributed by atoms with E-state index in [2.05, 4.69) is 5.10 Å². The van der Waals surface area contributed by atoms with Gasteiger partial charge < -0.3 is 9.80 Å². The first kappa shape index (κ1) is 21.1. The third-order valence-electron chi connectivity index (χ3n) is 5.37. The van der Waals surface area contributed by atoms with E-state index in [0.29, 0.717) is 30.8 Å². The summed E-state index contributed by atoms with van der Waals surface area (Å²) in [5.41, 5.74) is 3.45. The average molecular weight is 441 g/mol. The Kier molecular flexibility index (Phi) is 5.78. The molecule has 1 aliphatic rings. The van der Waals surface area contributed by atoms with E-state index < -0.39 is 5.82 Å². The number of hydrogen-bond acceptors (Lipinski definition) is 3. The Bertz CT molecular complexity index is 1140. The van der Waals surface area contributed by atoms with Crippen LogP contribution in [0.1, 0.15) is 37.7 Å². The first-order valence-corrected chi connectivity index (χ1v) is 10.3. The van der Waals surface area contributed by atoms with Crippen LogP contribution in [0.3, 0.4) is 0 Å². The fourth-order valence-corrected chi connectivity index (χ4v) is 3.93. The highest BCUT2D eigenvalue weighted by Gasteiger charge is 2.31. The maximum absolute atomic E-state index is 13.5. The van der Waals surface area contributed by atoms with Crippen molar-refractivity contribution >= 4 is 23.4 Å². The Labute approximate surface area is 184 Å². The van der Waals surface area contributed by atoms with Crippen molar-refractivity contribution in [2.24, 2.45) is 0 Å². The summed E-state index contributed by atoms with van der Waals surface area (Å²) >= 11 is 5.85. The highest BCUT2D eigenvalue weighted by Crippen LogP contribution is 2.26. The van der Waals surface area contributed by atoms with Gasteiger partial charge in [-0.15, -0.1) is 0 Å². The highest BCUT2D eigenvalue weighted by molar-refractivity contribution is 6.31. The normalized spacial score (nSPS) is 13.1. The molecule has 0 saturated carbocycles. The summed E-state index contributed by atoms with van der Waals surface area (Å²) in [6, 6.07) is 13.8. The second-order valence-electron chi connectivity index (χ2n) is 7.72. The number of nitrogens with zero attached hydrogens (tertiary/aromatic N) is 4. The minimum atomic E-state index is -0.569. The van der Waals surface area contributed by atoms with Gasteiger partial charge in [0.2, 0.25) is 0 Å². The van der Waals surface area contributed by atoms with Gasteiger partial charge in [-0.25, -0.2) is 4.39 Å². The van der Waals surface area contributed by atoms with Crippen LogP contribution in [0, 0.1) is 5.82 Å². The van der Waals surface area contributed by atoms with Crippen LogP contribution in [-0.4, -0.2) is 52.0 Å². The molecule has 0 unspecified atom stereocenters. The van der Waals surface area contributed by atoms with Crippen LogP contribution in [-0.2, 0) is 19.5 Å². The molecule has 0 radical (unpaired) electrons. The van der Waals surface area contributed by atoms with Crippen molar-refractivity contribution in [1.29, 1.82) is 0 Å². The third-order valence-corrected chi connectivity index (χ3v) is 5.66. The maximum Gasteiger partial charge on any atom is 0.274 e. The summed E-state index contributed by atoms with van der Waals surface area (Å²) in [6.07, 6.45) is 0.566. The first-order valence-electron chi connectivity index (χ1n) is 9.93. The Hall–Kier alpha value is -3.19. The molecular weight excluding hydrogens is 419 g/mol. The van der Waals surface area contributed by atoms with E-state index in [0.717, 1.165) is 16.8 Å². The minimum Gasteiger partial charge on any atom is -0.343 e. The number of rotatable bonds is 4. The summed E-state index contributed by atoms with van der Waals surface area (Å²) < 4.78 is 15.3. The highest BCUT2D eigenvalue weighted by atomic mass is 35.5. The van der Waals surface area contributed by atoms with Crippen LogP contribution >= 0.6 is 11.6 Å². The second kappa shape index (κ2) is 8.51. The molecular formula is C23H22ClFN4O2. The van der Waals surface area contributed by atoms with Crippen molar-refractivity contribution in [3.8, 4) is 0 Å². The molecule has 31 heavy (non-hydrogen) atoms. The fraction of sp³-hybridized carbons (Fsp3) is 0.261. The molecule has 0 aliphatic carbocycles. The largest absolute Gasteiger partial charge is 0.343 e. The first-order chi connectivity index (χ1) is 14.8. The molecule has 0 fully saturated rings. The number of halogens is 2. The van der Waals surface area contributed by atoms with E-state index in [1.807, 2.05) is 35.0 Å². The Balaban J connectivity index is 1.67. The van der Waals surface area contributed by atoms with Crippen molar-refractivity contribution < 1.29 is 14.0 Å². The fourth-order valence-electron chi connectivity index (χ4n) is 3.75. The van der Waals surface area contributed by atoms with E-state index in [9.17, 15) is 14.0 Å². The van der Waals surface area contributed by atoms with Gasteiger partial charge >= 0.3 is 0 Å². The van der Waals surface area contributed by atoms with E-state index in [1.165, 1.54) is 23.1 Å². The number of carbonyl (C=O) groups excluding carboxylic acids is 2. The molecule has 0 spiro atoms. The van der Waals surface area contributed by atoms with Gasteiger partial charge in [0.1, 0.15) is 5.82 Å². The van der Waals surface area contributed by atoms with Crippen LogP contribution in [0.5, 0.6) is 0 Å². The van der Waals surface area contributed by atoms with Gasteiger partial charge in [0, 0.05) is 43.9 Å². The molecule has 1 aromatic heterocycles.